The lowest BCUT2D eigenvalue weighted by atomic mass is 9.95. The first-order chi connectivity index (χ1) is 15.2. The second-order valence-electron chi connectivity index (χ2n) is 8.56. The highest BCUT2D eigenvalue weighted by Crippen LogP contribution is 2.28. The summed E-state index contributed by atoms with van der Waals surface area (Å²) in [5.41, 5.74) is 3.45. The number of aryl methyl sites for hydroxylation is 1. The lowest BCUT2D eigenvalue weighted by Crippen LogP contribution is -2.48. The fourth-order valence-electron chi connectivity index (χ4n) is 4.31. The number of halogens is 1. The minimum atomic E-state index is -3.64. The molecule has 1 aliphatic rings. The van der Waals surface area contributed by atoms with Gasteiger partial charge in [-0.3, -0.25) is 4.90 Å². The van der Waals surface area contributed by atoms with Crippen molar-refractivity contribution in [2.75, 3.05) is 26.2 Å². The molecule has 0 radical (unpaired) electrons. The maximum atomic E-state index is 13.0. The predicted molar refractivity (Wildman–Crippen MR) is 127 cm³/mol. The molecule has 1 fully saturated rings. The zero-order valence-electron chi connectivity index (χ0n) is 18.5. The molecule has 8 heteroatoms. The van der Waals surface area contributed by atoms with Crippen molar-refractivity contribution >= 4 is 32.6 Å². The molecule has 0 saturated carbocycles. The summed E-state index contributed by atoms with van der Waals surface area (Å²) >= 11 is 6.13. The first kappa shape index (κ1) is 23.0. The van der Waals surface area contributed by atoms with Gasteiger partial charge < -0.3 is 4.42 Å². The number of hydrogen-bond donors (Lipinski definition) is 0. The summed E-state index contributed by atoms with van der Waals surface area (Å²) in [5, 5.41) is 1.17. The fourth-order valence-corrected chi connectivity index (χ4v) is 6.22. The molecule has 0 atom stereocenters. The largest absolute Gasteiger partial charge is 0.423 e. The molecule has 0 spiro atoms. The van der Waals surface area contributed by atoms with Crippen LogP contribution in [0.4, 0.5) is 0 Å². The van der Waals surface area contributed by atoms with Crippen LogP contribution in [-0.4, -0.2) is 43.8 Å². The van der Waals surface area contributed by atoms with E-state index in [9.17, 15) is 13.2 Å². The molecular weight excluding hydrogens is 448 g/mol. The van der Waals surface area contributed by atoms with Gasteiger partial charge in [0.2, 0.25) is 10.0 Å². The first-order valence-electron chi connectivity index (χ1n) is 10.7. The summed E-state index contributed by atoms with van der Waals surface area (Å²) in [4.78, 5) is 14.5. The molecule has 0 unspecified atom stereocenters. The van der Waals surface area contributed by atoms with E-state index in [2.05, 4.69) is 24.8 Å². The zero-order valence-corrected chi connectivity index (χ0v) is 20.0. The molecule has 2 aromatic carbocycles. The van der Waals surface area contributed by atoms with Gasteiger partial charge in [-0.15, -0.1) is 0 Å². The van der Waals surface area contributed by atoms with E-state index in [-0.39, 0.29) is 15.5 Å². The van der Waals surface area contributed by atoms with E-state index in [0.717, 1.165) is 16.5 Å². The van der Waals surface area contributed by atoms with Crippen LogP contribution in [0.3, 0.4) is 0 Å². The Morgan fingerprint density at radius 3 is 2.41 bits per heavy atom. The van der Waals surface area contributed by atoms with Crippen molar-refractivity contribution in [3.63, 3.8) is 0 Å². The van der Waals surface area contributed by atoms with Crippen LogP contribution < -0.4 is 5.63 Å². The highest BCUT2D eigenvalue weighted by molar-refractivity contribution is 7.89. The van der Waals surface area contributed by atoms with Crippen LogP contribution in [0.1, 0.15) is 36.5 Å². The number of rotatable bonds is 5. The van der Waals surface area contributed by atoms with Gasteiger partial charge in [0.05, 0.1) is 5.02 Å². The van der Waals surface area contributed by atoms with Crippen molar-refractivity contribution < 1.29 is 12.8 Å². The van der Waals surface area contributed by atoms with Crippen LogP contribution >= 0.6 is 11.6 Å². The van der Waals surface area contributed by atoms with Crippen molar-refractivity contribution in [3.8, 4) is 0 Å². The molecule has 1 aliphatic heterocycles. The summed E-state index contributed by atoms with van der Waals surface area (Å²) in [5.74, 6) is 0.359. The Morgan fingerprint density at radius 2 is 1.75 bits per heavy atom. The Balaban J connectivity index is 1.55. The second-order valence-corrected chi connectivity index (χ2v) is 10.9. The maximum Gasteiger partial charge on any atom is 0.336 e. The van der Waals surface area contributed by atoms with Gasteiger partial charge in [0.15, 0.2) is 0 Å². The molecule has 0 amide bonds. The molecule has 1 saturated heterocycles. The Labute approximate surface area is 193 Å². The quantitative estimate of drug-likeness (QED) is 0.513. The average molecular weight is 475 g/mol. The summed E-state index contributed by atoms with van der Waals surface area (Å²) in [6.45, 7) is 8.73. The lowest BCUT2D eigenvalue weighted by Gasteiger charge is -2.34. The Morgan fingerprint density at radius 1 is 1.06 bits per heavy atom. The molecule has 0 N–H and O–H groups in total. The number of benzene rings is 2. The number of sulfonamides is 1. The number of piperazine rings is 1. The van der Waals surface area contributed by atoms with E-state index in [0.29, 0.717) is 44.2 Å². The molecule has 32 heavy (non-hydrogen) atoms. The smallest absolute Gasteiger partial charge is 0.336 e. The third kappa shape index (κ3) is 4.48. The van der Waals surface area contributed by atoms with Gasteiger partial charge in [-0.1, -0.05) is 37.6 Å². The Hall–Kier alpha value is -2.19. The molecule has 3 aromatic rings. The van der Waals surface area contributed by atoms with Crippen LogP contribution in [0.25, 0.3) is 11.0 Å². The van der Waals surface area contributed by atoms with Crippen LogP contribution in [0.15, 0.2) is 56.6 Å². The van der Waals surface area contributed by atoms with Crippen LogP contribution in [-0.2, 0) is 16.6 Å². The van der Waals surface area contributed by atoms with Crippen molar-refractivity contribution in [2.45, 2.75) is 38.1 Å². The van der Waals surface area contributed by atoms with Crippen molar-refractivity contribution in [1.29, 1.82) is 0 Å². The predicted octanol–water partition coefficient (Wildman–Crippen LogP) is 4.38. The Kier molecular flexibility index (Phi) is 6.45. The molecule has 0 bridgehead atoms. The fraction of sp³-hybridized carbons (Fsp3) is 0.375. The molecule has 6 nitrogen and oxygen atoms in total. The van der Waals surface area contributed by atoms with Gasteiger partial charge in [-0.05, 0) is 53.8 Å². The van der Waals surface area contributed by atoms with Crippen LogP contribution in [0.5, 0.6) is 0 Å². The zero-order chi connectivity index (χ0) is 23.0. The average Bonchev–Trinajstić information content (AvgIpc) is 2.73. The number of fused-ring (bicyclic) bond motifs is 1. The van der Waals surface area contributed by atoms with Gasteiger partial charge >= 0.3 is 5.63 Å². The van der Waals surface area contributed by atoms with Gasteiger partial charge in [0.1, 0.15) is 10.5 Å². The van der Waals surface area contributed by atoms with Crippen LogP contribution in [0.2, 0.25) is 5.02 Å². The summed E-state index contributed by atoms with van der Waals surface area (Å²) < 4.78 is 32.9. The number of hydrogen-bond acceptors (Lipinski definition) is 5. The van der Waals surface area contributed by atoms with Crippen LogP contribution in [0, 0.1) is 6.92 Å². The standard InChI is InChI=1S/C24H27ClN2O4S/c1-16(2)19-14-20-18(13-24(28)31-22(20)12-17(19)3)15-26-8-10-27(11-9-26)32(29,30)23-7-5-4-6-21(23)25/h4-7,12-14,16H,8-11,15H2,1-3H3. The van der Waals surface area contributed by atoms with Gasteiger partial charge in [0, 0.05) is 44.2 Å². The highest BCUT2D eigenvalue weighted by Gasteiger charge is 2.30. The normalized spacial score (nSPS) is 16.2. The lowest BCUT2D eigenvalue weighted by molar-refractivity contribution is 0.182. The molecular formula is C24H27ClN2O4S. The minimum Gasteiger partial charge on any atom is -0.423 e. The maximum absolute atomic E-state index is 13.0. The van der Waals surface area contributed by atoms with E-state index in [1.165, 1.54) is 15.9 Å². The molecule has 1 aromatic heterocycles. The van der Waals surface area contributed by atoms with Crippen molar-refractivity contribution in [3.05, 3.63) is 74.6 Å². The number of nitrogens with zero attached hydrogens (tertiary/aromatic N) is 2. The first-order valence-corrected chi connectivity index (χ1v) is 12.5. The Bertz CT molecular complexity index is 1310. The van der Waals surface area contributed by atoms with E-state index < -0.39 is 10.0 Å². The topological polar surface area (TPSA) is 70.8 Å². The monoisotopic (exact) mass is 474 g/mol. The van der Waals surface area contributed by atoms with E-state index in [1.54, 1.807) is 24.3 Å². The summed E-state index contributed by atoms with van der Waals surface area (Å²) in [7, 11) is -3.64. The van der Waals surface area contributed by atoms with Gasteiger partial charge in [0.25, 0.3) is 0 Å². The SMILES string of the molecule is Cc1cc2oc(=O)cc(CN3CCN(S(=O)(=O)c4ccccc4Cl)CC3)c2cc1C(C)C. The molecule has 0 aliphatic carbocycles. The van der Waals surface area contributed by atoms with Gasteiger partial charge in [-0.2, -0.15) is 4.31 Å². The molecule has 4 rings (SSSR count). The third-order valence-corrected chi connectivity index (χ3v) is 8.42. The minimum absolute atomic E-state index is 0.137. The van der Waals surface area contributed by atoms with Gasteiger partial charge in [-0.25, -0.2) is 13.2 Å². The van der Waals surface area contributed by atoms with E-state index in [4.69, 9.17) is 16.0 Å². The molecule has 2 heterocycles. The second kappa shape index (κ2) is 8.98. The third-order valence-electron chi connectivity index (χ3n) is 6.02. The van der Waals surface area contributed by atoms with Crippen molar-refractivity contribution in [2.24, 2.45) is 0 Å². The van der Waals surface area contributed by atoms with Crippen molar-refractivity contribution in [1.82, 2.24) is 9.21 Å². The van der Waals surface area contributed by atoms with E-state index >= 15 is 0 Å². The highest BCUT2D eigenvalue weighted by atomic mass is 35.5. The molecule has 170 valence electrons. The summed E-state index contributed by atoms with van der Waals surface area (Å²) in [6.07, 6.45) is 0. The van der Waals surface area contributed by atoms with E-state index in [1.807, 2.05) is 13.0 Å². The summed E-state index contributed by atoms with van der Waals surface area (Å²) in [6, 6.07) is 12.1.